The molecule has 0 aliphatic carbocycles. The highest BCUT2D eigenvalue weighted by Crippen LogP contribution is 2.34. The van der Waals surface area contributed by atoms with Crippen molar-refractivity contribution in [1.82, 2.24) is 15.2 Å². The Morgan fingerprint density at radius 3 is 2.68 bits per heavy atom. The molecule has 1 atom stereocenters. The second-order valence-electron chi connectivity index (χ2n) is 6.43. The molecule has 1 unspecified atom stereocenters. The Morgan fingerprint density at radius 1 is 1.25 bits per heavy atom. The quantitative estimate of drug-likeness (QED) is 0.640. The van der Waals surface area contributed by atoms with Gasteiger partial charge in [-0.05, 0) is 35.6 Å². The number of nitrogens with zero attached hydrogens (tertiary/aromatic N) is 2. The Bertz CT molecular complexity index is 997. The molecule has 8 heteroatoms. The van der Waals surface area contributed by atoms with Gasteiger partial charge in [-0.2, -0.15) is 0 Å². The van der Waals surface area contributed by atoms with Crippen molar-refractivity contribution >= 4 is 23.3 Å². The molecule has 144 valence electrons. The van der Waals surface area contributed by atoms with Crippen LogP contribution >= 0.6 is 11.3 Å². The molecular weight excluding hydrogens is 378 g/mol. The van der Waals surface area contributed by atoms with Gasteiger partial charge < -0.3 is 14.5 Å². The average Bonchev–Trinajstić information content (AvgIpc) is 3.45. The summed E-state index contributed by atoms with van der Waals surface area (Å²) in [6, 6.07) is 10.5. The first-order valence-electron chi connectivity index (χ1n) is 8.84. The number of carbonyl (C=O) groups excluding carboxylic acids is 2. The lowest BCUT2D eigenvalue weighted by Crippen LogP contribution is -2.43. The Balaban J connectivity index is 1.59. The number of methoxy groups -OCH3 is 1. The van der Waals surface area contributed by atoms with Crippen LogP contribution in [0.3, 0.4) is 0 Å². The summed E-state index contributed by atoms with van der Waals surface area (Å²) >= 11 is 1.51. The van der Waals surface area contributed by atoms with Crippen LogP contribution in [0.2, 0.25) is 0 Å². The SMILES string of the molecule is CCC1(c2ccc(OC)cc2)NC(=O)N(Cc2coc(-c3cccs3)n2)C1=O. The number of benzene rings is 1. The van der Waals surface area contributed by atoms with Crippen LogP contribution in [-0.2, 0) is 16.9 Å². The molecule has 0 spiro atoms. The van der Waals surface area contributed by atoms with Crippen LogP contribution in [0.25, 0.3) is 10.8 Å². The monoisotopic (exact) mass is 397 g/mol. The molecule has 3 amide bonds. The molecule has 28 heavy (non-hydrogen) atoms. The van der Waals surface area contributed by atoms with Crippen molar-refractivity contribution in [3.8, 4) is 16.5 Å². The first kappa shape index (κ1) is 18.2. The molecule has 1 aromatic carbocycles. The first-order chi connectivity index (χ1) is 13.6. The largest absolute Gasteiger partial charge is 0.497 e. The van der Waals surface area contributed by atoms with Crippen LogP contribution in [0.1, 0.15) is 24.6 Å². The predicted molar refractivity (Wildman–Crippen MR) is 104 cm³/mol. The van der Waals surface area contributed by atoms with Crippen LogP contribution in [0.5, 0.6) is 5.75 Å². The number of oxazole rings is 1. The Morgan fingerprint density at radius 2 is 2.04 bits per heavy atom. The number of rotatable bonds is 6. The van der Waals surface area contributed by atoms with Crippen molar-refractivity contribution in [2.45, 2.75) is 25.4 Å². The van der Waals surface area contributed by atoms with Gasteiger partial charge in [-0.25, -0.2) is 9.78 Å². The van der Waals surface area contributed by atoms with Gasteiger partial charge in [-0.3, -0.25) is 9.69 Å². The summed E-state index contributed by atoms with van der Waals surface area (Å²) in [5.41, 5.74) is 0.147. The zero-order chi connectivity index (χ0) is 19.7. The fraction of sp³-hybridized carbons (Fsp3) is 0.250. The standard InChI is InChI=1S/C20H19N3O4S/c1-3-20(13-6-8-15(26-2)9-7-13)18(24)23(19(25)22-20)11-14-12-27-17(21-14)16-5-4-10-28-16/h4-10,12H,3,11H2,1-2H3,(H,22,25). The number of ether oxygens (including phenoxy) is 1. The fourth-order valence-corrected chi connectivity index (χ4v) is 4.00. The van der Waals surface area contributed by atoms with E-state index in [4.69, 9.17) is 9.15 Å². The maximum absolute atomic E-state index is 13.2. The van der Waals surface area contributed by atoms with E-state index < -0.39 is 11.6 Å². The highest BCUT2D eigenvalue weighted by Gasteiger charge is 2.51. The van der Waals surface area contributed by atoms with Gasteiger partial charge in [0.05, 0.1) is 24.2 Å². The van der Waals surface area contributed by atoms with Crippen molar-refractivity contribution in [2.24, 2.45) is 0 Å². The van der Waals surface area contributed by atoms with E-state index >= 15 is 0 Å². The number of amides is 3. The Hall–Kier alpha value is -3.13. The number of aromatic nitrogens is 1. The number of nitrogens with one attached hydrogen (secondary N) is 1. The van der Waals surface area contributed by atoms with Gasteiger partial charge in [0.2, 0.25) is 5.89 Å². The molecule has 1 N–H and O–H groups in total. The van der Waals surface area contributed by atoms with Crippen molar-refractivity contribution in [2.75, 3.05) is 7.11 Å². The van der Waals surface area contributed by atoms with E-state index in [9.17, 15) is 9.59 Å². The third-order valence-electron chi connectivity index (χ3n) is 4.89. The number of carbonyl (C=O) groups is 2. The summed E-state index contributed by atoms with van der Waals surface area (Å²) in [4.78, 5) is 32.3. The Kier molecular flexibility index (Phi) is 4.64. The summed E-state index contributed by atoms with van der Waals surface area (Å²) in [5, 5.41) is 4.80. The van der Waals surface area contributed by atoms with E-state index in [2.05, 4.69) is 10.3 Å². The van der Waals surface area contributed by atoms with Gasteiger partial charge in [-0.1, -0.05) is 25.1 Å². The number of imide groups is 1. The number of thiophene rings is 1. The molecule has 7 nitrogen and oxygen atoms in total. The molecule has 1 aliphatic rings. The van der Waals surface area contributed by atoms with Crippen molar-refractivity contribution in [3.05, 3.63) is 59.3 Å². The van der Waals surface area contributed by atoms with E-state index in [1.807, 2.05) is 24.4 Å². The smallest absolute Gasteiger partial charge is 0.325 e. The minimum atomic E-state index is -1.09. The predicted octanol–water partition coefficient (Wildman–Crippen LogP) is 3.77. The maximum Gasteiger partial charge on any atom is 0.325 e. The molecule has 1 aliphatic heterocycles. The van der Waals surface area contributed by atoms with Gasteiger partial charge in [0, 0.05) is 0 Å². The molecule has 1 fully saturated rings. The van der Waals surface area contributed by atoms with Gasteiger partial charge in [0.15, 0.2) is 0 Å². The second-order valence-corrected chi connectivity index (χ2v) is 7.38. The van der Waals surface area contributed by atoms with Gasteiger partial charge >= 0.3 is 6.03 Å². The third-order valence-corrected chi connectivity index (χ3v) is 5.75. The zero-order valence-electron chi connectivity index (χ0n) is 15.5. The maximum atomic E-state index is 13.2. The minimum absolute atomic E-state index is 0.0530. The molecule has 4 rings (SSSR count). The van der Waals surface area contributed by atoms with Crippen LogP contribution in [0.4, 0.5) is 4.79 Å². The normalized spacial score (nSPS) is 19.1. The van der Waals surface area contributed by atoms with E-state index in [0.29, 0.717) is 23.8 Å². The summed E-state index contributed by atoms with van der Waals surface area (Å²) < 4.78 is 10.7. The minimum Gasteiger partial charge on any atom is -0.497 e. The summed E-state index contributed by atoms with van der Waals surface area (Å²) in [6.07, 6.45) is 1.91. The van der Waals surface area contributed by atoms with Crippen LogP contribution in [0.15, 0.2) is 52.5 Å². The lowest BCUT2D eigenvalue weighted by atomic mass is 9.87. The first-order valence-corrected chi connectivity index (χ1v) is 9.72. The lowest BCUT2D eigenvalue weighted by molar-refractivity contribution is -0.132. The molecule has 2 aromatic heterocycles. The number of hydrogen-bond acceptors (Lipinski definition) is 6. The number of urea groups is 1. The molecular formula is C20H19N3O4S. The van der Waals surface area contributed by atoms with Crippen molar-refractivity contribution < 1.29 is 18.7 Å². The van der Waals surface area contributed by atoms with Gasteiger partial charge in [0.1, 0.15) is 17.6 Å². The molecule has 3 heterocycles. The van der Waals surface area contributed by atoms with Crippen LogP contribution in [-0.4, -0.2) is 28.9 Å². The summed E-state index contributed by atoms with van der Waals surface area (Å²) in [6.45, 7) is 1.92. The van der Waals surface area contributed by atoms with Gasteiger partial charge in [0.25, 0.3) is 5.91 Å². The molecule has 1 saturated heterocycles. The summed E-state index contributed by atoms with van der Waals surface area (Å²) in [5.74, 6) is 0.868. The van der Waals surface area contributed by atoms with Crippen LogP contribution < -0.4 is 10.1 Å². The highest BCUT2D eigenvalue weighted by atomic mass is 32.1. The van der Waals surface area contributed by atoms with Crippen LogP contribution in [0, 0.1) is 0 Å². The second kappa shape index (κ2) is 7.12. The lowest BCUT2D eigenvalue weighted by Gasteiger charge is -2.25. The van der Waals surface area contributed by atoms with Crippen molar-refractivity contribution in [3.63, 3.8) is 0 Å². The van der Waals surface area contributed by atoms with E-state index in [1.165, 1.54) is 22.5 Å². The van der Waals surface area contributed by atoms with E-state index in [1.54, 1.807) is 31.4 Å². The molecule has 0 radical (unpaired) electrons. The zero-order valence-corrected chi connectivity index (χ0v) is 16.3. The molecule has 0 bridgehead atoms. The highest BCUT2D eigenvalue weighted by molar-refractivity contribution is 7.13. The molecule has 0 saturated carbocycles. The Labute approximate surface area is 165 Å². The fourth-order valence-electron chi connectivity index (χ4n) is 3.34. The summed E-state index contributed by atoms with van der Waals surface area (Å²) in [7, 11) is 1.58. The average molecular weight is 397 g/mol. The third kappa shape index (κ3) is 2.95. The van der Waals surface area contributed by atoms with E-state index in [0.717, 1.165) is 10.4 Å². The topological polar surface area (TPSA) is 84.7 Å². The number of hydrogen-bond donors (Lipinski definition) is 1. The van der Waals surface area contributed by atoms with E-state index in [-0.39, 0.29) is 12.5 Å². The van der Waals surface area contributed by atoms with Crippen molar-refractivity contribution in [1.29, 1.82) is 0 Å². The van der Waals surface area contributed by atoms with Gasteiger partial charge in [-0.15, -0.1) is 11.3 Å². The molecule has 3 aromatic rings.